The molecule has 0 radical (unpaired) electrons. The molecule has 2 aliphatic heterocycles. The molecule has 1 fully saturated rings. The SMILES string of the molecule is CCc1c(N2CCN(C(=O)c3ncnc(C)c3OCc3ccccc3)CC2)c(=O)n2nc(-c3ccc4c(c3)COC4)nc2n1CC(=O)Nc1ccc(C(F)(F)F)c2c1CC2. The Morgan fingerprint density at radius 3 is 2.43 bits per heavy atom. The number of carbonyl (C=O) groups excluding carboxylic acids is 2. The van der Waals surface area contributed by atoms with Gasteiger partial charge in [-0.25, -0.2) is 9.97 Å². The molecular formula is C43H40F3N9O5. The molecule has 2 amide bonds. The number of nitrogens with one attached hydrogen (secondary N) is 1. The quantitative estimate of drug-likeness (QED) is 0.187. The zero-order valence-electron chi connectivity index (χ0n) is 32.9. The largest absolute Gasteiger partial charge is 0.485 e. The van der Waals surface area contributed by atoms with Gasteiger partial charge in [0.1, 0.15) is 25.2 Å². The molecular weight excluding hydrogens is 780 g/mol. The van der Waals surface area contributed by atoms with Crippen LogP contribution in [0.1, 0.15) is 62.2 Å². The van der Waals surface area contributed by atoms with E-state index in [0.717, 1.165) is 22.8 Å². The van der Waals surface area contributed by atoms with Crippen molar-refractivity contribution in [3.05, 3.63) is 128 Å². The van der Waals surface area contributed by atoms with E-state index < -0.39 is 23.2 Å². The van der Waals surface area contributed by atoms with Gasteiger partial charge in [0.25, 0.3) is 11.5 Å². The maximum absolute atomic E-state index is 14.6. The number of fused-ring (bicyclic) bond motifs is 3. The molecule has 9 rings (SSSR count). The standard InChI is InChI=1S/C43H40F3N9O5/c1-3-34-37(52-15-17-53(18-16-52)40(57)36-38(25(2)47-24-48-36)60-21-26-7-5-4-6-8-26)41(58)55-42(50-39(51-55)27-9-10-28-22-59-23-29(28)19-27)54(34)20-35(56)49-33-14-13-32(43(44,45)46)30-11-12-31(30)33/h4-10,13-14,19,24H,3,11-12,15-18,20-23H2,1-2H3,(H,49,56). The lowest BCUT2D eigenvalue weighted by Crippen LogP contribution is -2.51. The highest BCUT2D eigenvalue weighted by Gasteiger charge is 2.37. The van der Waals surface area contributed by atoms with Crippen molar-refractivity contribution < 1.29 is 32.2 Å². The fourth-order valence-electron chi connectivity index (χ4n) is 8.22. The zero-order chi connectivity index (χ0) is 41.7. The van der Waals surface area contributed by atoms with Crippen LogP contribution in [0.25, 0.3) is 17.2 Å². The molecule has 17 heteroatoms. The van der Waals surface area contributed by atoms with E-state index >= 15 is 0 Å². The predicted molar refractivity (Wildman–Crippen MR) is 214 cm³/mol. The number of anilines is 2. The second kappa shape index (κ2) is 15.5. The van der Waals surface area contributed by atoms with E-state index in [-0.39, 0.29) is 74.5 Å². The number of amides is 2. The number of halogens is 3. The average molecular weight is 820 g/mol. The highest BCUT2D eigenvalue weighted by atomic mass is 19.4. The minimum atomic E-state index is -4.49. The van der Waals surface area contributed by atoms with Crippen molar-refractivity contribution >= 4 is 29.0 Å². The molecule has 1 aliphatic carbocycles. The third-order valence-corrected chi connectivity index (χ3v) is 11.4. The van der Waals surface area contributed by atoms with Crippen molar-refractivity contribution in [2.24, 2.45) is 0 Å². The monoisotopic (exact) mass is 819 g/mol. The first kappa shape index (κ1) is 38.9. The van der Waals surface area contributed by atoms with Gasteiger partial charge in [-0.2, -0.15) is 22.7 Å². The van der Waals surface area contributed by atoms with Gasteiger partial charge in [0, 0.05) is 37.4 Å². The van der Waals surface area contributed by atoms with Crippen LogP contribution >= 0.6 is 0 Å². The minimum Gasteiger partial charge on any atom is -0.485 e. The number of aryl methyl sites for hydroxylation is 1. The van der Waals surface area contributed by atoms with Crippen molar-refractivity contribution in [3.8, 4) is 17.1 Å². The molecule has 6 aromatic rings. The first-order valence-corrected chi connectivity index (χ1v) is 19.7. The van der Waals surface area contributed by atoms with E-state index in [1.54, 1.807) is 16.4 Å². The van der Waals surface area contributed by atoms with E-state index in [1.165, 1.54) is 16.9 Å². The van der Waals surface area contributed by atoms with Crippen molar-refractivity contribution in [1.29, 1.82) is 0 Å². The number of carbonyl (C=O) groups is 2. The average Bonchev–Trinajstić information content (AvgIpc) is 3.90. The molecule has 0 spiro atoms. The lowest BCUT2D eigenvalue weighted by atomic mass is 9.83. The number of rotatable bonds is 10. The third-order valence-electron chi connectivity index (χ3n) is 11.4. The van der Waals surface area contributed by atoms with Crippen LogP contribution in [-0.2, 0) is 61.3 Å². The Morgan fingerprint density at radius 2 is 1.70 bits per heavy atom. The summed E-state index contributed by atoms with van der Waals surface area (Å²) in [5.74, 6) is -0.116. The molecule has 3 aliphatic rings. The number of alkyl halides is 3. The lowest BCUT2D eigenvalue weighted by molar-refractivity contribution is -0.138. The van der Waals surface area contributed by atoms with Crippen molar-refractivity contribution in [2.75, 3.05) is 36.4 Å². The number of hydrogen-bond acceptors (Lipinski definition) is 10. The Bertz CT molecular complexity index is 2730. The Hall–Kier alpha value is -6.62. The molecule has 14 nitrogen and oxygen atoms in total. The predicted octanol–water partition coefficient (Wildman–Crippen LogP) is 5.55. The number of hydrogen-bond donors (Lipinski definition) is 1. The van der Waals surface area contributed by atoms with Gasteiger partial charge in [-0.15, -0.1) is 5.10 Å². The fourth-order valence-corrected chi connectivity index (χ4v) is 8.22. The van der Waals surface area contributed by atoms with E-state index in [0.29, 0.717) is 65.7 Å². The van der Waals surface area contributed by atoms with Crippen LogP contribution in [0.15, 0.2) is 71.8 Å². The normalized spacial score (nSPS) is 14.8. The Labute approximate surface area is 341 Å². The molecule has 308 valence electrons. The lowest BCUT2D eigenvalue weighted by Gasteiger charge is -2.36. The highest BCUT2D eigenvalue weighted by molar-refractivity contribution is 5.95. The molecule has 0 unspecified atom stereocenters. The van der Waals surface area contributed by atoms with Gasteiger partial charge in [0.15, 0.2) is 17.3 Å². The van der Waals surface area contributed by atoms with Crippen LogP contribution in [-0.4, -0.2) is 72.0 Å². The van der Waals surface area contributed by atoms with Crippen molar-refractivity contribution in [2.45, 2.75) is 65.7 Å². The number of benzene rings is 3. The molecule has 60 heavy (non-hydrogen) atoms. The summed E-state index contributed by atoms with van der Waals surface area (Å²) in [4.78, 5) is 59.4. The van der Waals surface area contributed by atoms with Gasteiger partial charge in [-0.05, 0) is 72.2 Å². The summed E-state index contributed by atoms with van der Waals surface area (Å²) in [6.07, 6.45) is -2.15. The highest BCUT2D eigenvalue weighted by Crippen LogP contribution is 2.41. The Kier molecular flexibility index (Phi) is 10.1. The molecule has 0 saturated carbocycles. The fraction of sp³-hybridized carbons (Fsp3) is 0.326. The molecule has 5 heterocycles. The van der Waals surface area contributed by atoms with Crippen LogP contribution in [0.2, 0.25) is 0 Å². The summed E-state index contributed by atoms with van der Waals surface area (Å²) in [6, 6.07) is 17.6. The molecule has 1 N–H and O–H groups in total. The first-order chi connectivity index (χ1) is 29.0. The summed E-state index contributed by atoms with van der Waals surface area (Å²) in [5, 5.41) is 7.50. The molecule has 0 atom stereocenters. The van der Waals surface area contributed by atoms with Crippen LogP contribution in [0.3, 0.4) is 0 Å². The van der Waals surface area contributed by atoms with Crippen molar-refractivity contribution in [3.63, 3.8) is 0 Å². The zero-order valence-corrected chi connectivity index (χ0v) is 32.9. The van der Waals surface area contributed by atoms with Crippen LogP contribution in [0.5, 0.6) is 5.75 Å². The number of aromatic nitrogens is 6. The second-order valence-corrected chi connectivity index (χ2v) is 15.0. The van der Waals surface area contributed by atoms with E-state index in [4.69, 9.17) is 14.5 Å². The summed E-state index contributed by atoms with van der Waals surface area (Å²) in [5.41, 5.74) is 4.98. The summed E-state index contributed by atoms with van der Waals surface area (Å²) < 4.78 is 55.5. The topological polar surface area (TPSA) is 149 Å². The summed E-state index contributed by atoms with van der Waals surface area (Å²) >= 11 is 0. The number of piperazine rings is 1. The van der Waals surface area contributed by atoms with Gasteiger partial charge < -0.3 is 29.2 Å². The Balaban J connectivity index is 1.03. The number of ether oxygens (including phenoxy) is 2. The number of nitrogens with zero attached hydrogens (tertiary/aromatic N) is 8. The third kappa shape index (κ3) is 7.12. The second-order valence-electron chi connectivity index (χ2n) is 15.0. The van der Waals surface area contributed by atoms with Gasteiger partial charge >= 0.3 is 6.18 Å². The van der Waals surface area contributed by atoms with Crippen LogP contribution in [0.4, 0.5) is 24.5 Å². The van der Waals surface area contributed by atoms with Crippen molar-refractivity contribution in [1.82, 2.24) is 34.0 Å². The minimum absolute atomic E-state index is 0.138. The van der Waals surface area contributed by atoms with E-state index in [2.05, 4.69) is 20.4 Å². The summed E-state index contributed by atoms with van der Waals surface area (Å²) in [7, 11) is 0. The van der Waals surface area contributed by atoms with Crippen LogP contribution in [0, 0.1) is 6.92 Å². The maximum atomic E-state index is 14.6. The van der Waals surface area contributed by atoms with E-state index in [1.807, 2.05) is 60.4 Å². The molecule has 3 aromatic heterocycles. The van der Waals surface area contributed by atoms with Crippen LogP contribution < -0.4 is 20.5 Å². The first-order valence-electron chi connectivity index (χ1n) is 19.7. The van der Waals surface area contributed by atoms with Gasteiger partial charge in [0.2, 0.25) is 11.7 Å². The molecule has 0 bridgehead atoms. The van der Waals surface area contributed by atoms with Gasteiger partial charge in [-0.3, -0.25) is 14.4 Å². The Morgan fingerprint density at radius 1 is 0.933 bits per heavy atom. The maximum Gasteiger partial charge on any atom is 0.416 e. The van der Waals surface area contributed by atoms with E-state index in [9.17, 15) is 27.6 Å². The van der Waals surface area contributed by atoms with Gasteiger partial charge in [0.05, 0.1) is 30.2 Å². The molecule has 1 saturated heterocycles. The summed E-state index contributed by atoms with van der Waals surface area (Å²) in [6.45, 7) is 5.55. The molecule has 3 aromatic carbocycles. The van der Waals surface area contributed by atoms with Gasteiger partial charge in [-0.1, -0.05) is 49.4 Å². The smallest absolute Gasteiger partial charge is 0.416 e.